The molecule has 0 fully saturated rings. The second-order valence-corrected chi connectivity index (χ2v) is 7.33. The van der Waals surface area contributed by atoms with E-state index < -0.39 is 6.04 Å². The summed E-state index contributed by atoms with van der Waals surface area (Å²) in [5.41, 5.74) is 1.87. The fourth-order valence-corrected chi connectivity index (χ4v) is 3.08. The van der Waals surface area contributed by atoms with E-state index in [0.717, 1.165) is 11.1 Å². The van der Waals surface area contributed by atoms with Gasteiger partial charge >= 0.3 is 0 Å². The third kappa shape index (κ3) is 6.40. The lowest BCUT2D eigenvalue weighted by Crippen LogP contribution is -2.50. The third-order valence-corrected chi connectivity index (χ3v) is 4.53. The van der Waals surface area contributed by atoms with E-state index in [2.05, 4.69) is 5.32 Å². The van der Waals surface area contributed by atoms with Crippen molar-refractivity contribution in [3.8, 4) is 0 Å². The van der Waals surface area contributed by atoms with E-state index in [1.807, 2.05) is 63.2 Å². The number of nitrogens with zero attached hydrogens (tertiary/aromatic N) is 1. The van der Waals surface area contributed by atoms with Gasteiger partial charge in [0.05, 0.1) is 6.42 Å². The van der Waals surface area contributed by atoms with Crippen LogP contribution in [0.25, 0.3) is 0 Å². The summed E-state index contributed by atoms with van der Waals surface area (Å²) in [4.78, 5) is 27.5. The zero-order chi connectivity index (χ0) is 19.8. The maximum absolute atomic E-state index is 13.1. The van der Waals surface area contributed by atoms with Crippen molar-refractivity contribution in [3.05, 3.63) is 70.7 Å². The van der Waals surface area contributed by atoms with Crippen molar-refractivity contribution >= 4 is 23.4 Å². The highest BCUT2D eigenvalue weighted by atomic mass is 35.5. The first kappa shape index (κ1) is 21.0. The molecule has 0 heterocycles. The third-order valence-electron chi connectivity index (χ3n) is 4.28. The molecule has 2 rings (SSSR count). The maximum atomic E-state index is 13.1. The van der Waals surface area contributed by atoms with E-state index in [4.69, 9.17) is 11.6 Å². The number of hydrogen-bond donors (Lipinski definition) is 1. The fourth-order valence-electron chi connectivity index (χ4n) is 2.96. The van der Waals surface area contributed by atoms with Crippen LogP contribution in [-0.4, -0.2) is 28.8 Å². The van der Waals surface area contributed by atoms with Gasteiger partial charge in [0.2, 0.25) is 11.8 Å². The number of amides is 2. The minimum Gasteiger partial charge on any atom is -0.352 e. The van der Waals surface area contributed by atoms with Gasteiger partial charge in [0.15, 0.2) is 0 Å². The Hall–Kier alpha value is -2.33. The smallest absolute Gasteiger partial charge is 0.243 e. The average molecular weight is 387 g/mol. The number of carbonyl (C=O) groups is 2. The number of rotatable bonds is 8. The monoisotopic (exact) mass is 386 g/mol. The van der Waals surface area contributed by atoms with Gasteiger partial charge in [-0.15, -0.1) is 0 Å². The maximum Gasteiger partial charge on any atom is 0.243 e. The van der Waals surface area contributed by atoms with Crippen LogP contribution in [0.1, 0.15) is 38.3 Å². The number of halogens is 1. The van der Waals surface area contributed by atoms with Crippen LogP contribution in [0.4, 0.5) is 0 Å². The molecule has 0 aliphatic rings. The average Bonchev–Trinajstić information content (AvgIpc) is 2.63. The number of hydrogen-bond acceptors (Lipinski definition) is 2. The van der Waals surface area contributed by atoms with Gasteiger partial charge in [0.1, 0.15) is 6.04 Å². The summed E-state index contributed by atoms with van der Waals surface area (Å²) in [6.07, 6.45) is 0.785. The van der Waals surface area contributed by atoms with Crippen LogP contribution in [0.3, 0.4) is 0 Å². The lowest BCUT2D eigenvalue weighted by atomic mass is 10.1. The van der Waals surface area contributed by atoms with Crippen LogP contribution in [0.5, 0.6) is 0 Å². The van der Waals surface area contributed by atoms with Gasteiger partial charge in [0, 0.05) is 17.6 Å². The molecule has 0 aliphatic carbocycles. The standard InChI is InChI=1S/C22H27ClN2O2/c1-4-20(22(27)24-16(2)3)25(15-18-8-6-5-7-9-18)21(26)14-17-10-12-19(23)13-11-17/h5-13,16,20H,4,14-15H2,1-3H3,(H,24,27)/t20-/m0/s1. The second kappa shape index (κ2) is 10.1. The topological polar surface area (TPSA) is 49.4 Å². The molecule has 1 N–H and O–H groups in total. The summed E-state index contributed by atoms with van der Waals surface area (Å²) in [6, 6.07) is 16.5. The molecule has 27 heavy (non-hydrogen) atoms. The predicted octanol–water partition coefficient (Wildman–Crippen LogP) is 4.21. The zero-order valence-corrected chi connectivity index (χ0v) is 16.9. The summed E-state index contributed by atoms with van der Waals surface area (Å²) in [5, 5.41) is 3.57. The van der Waals surface area contributed by atoms with Crippen LogP contribution in [0, 0.1) is 0 Å². The highest BCUT2D eigenvalue weighted by Gasteiger charge is 2.28. The molecule has 2 aromatic carbocycles. The predicted molar refractivity (Wildman–Crippen MR) is 110 cm³/mol. The Bertz CT molecular complexity index is 745. The summed E-state index contributed by atoms with van der Waals surface area (Å²) in [6.45, 7) is 6.17. The first-order valence-electron chi connectivity index (χ1n) is 9.29. The first-order valence-corrected chi connectivity index (χ1v) is 9.66. The molecule has 0 spiro atoms. The first-order chi connectivity index (χ1) is 12.9. The quantitative estimate of drug-likeness (QED) is 0.738. The summed E-state index contributed by atoms with van der Waals surface area (Å²) < 4.78 is 0. The molecule has 4 nitrogen and oxygen atoms in total. The normalized spacial score (nSPS) is 11.9. The van der Waals surface area contributed by atoms with Crippen molar-refractivity contribution in [3.63, 3.8) is 0 Å². The summed E-state index contributed by atoms with van der Waals surface area (Å²) in [5.74, 6) is -0.195. The Morgan fingerprint density at radius 3 is 2.19 bits per heavy atom. The Morgan fingerprint density at radius 2 is 1.63 bits per heavy atom. The second-order valence-electron chi connectivity index (χ2n) is 6.90. The lowest BCUT2D eigenvalue weighted by Gasteiger charge is -2.31. The summed E-state index contributed by atoms with van der Waals surface area (Å²) in [7, 11) is 0. The largest absolute Gasteiger partial charge is 0.352 e. The molecule has 0 aromatic heterocycles. The number of carbonyl (C=O) groups excluding carboxylic acids is 2. The molecule has 0 saturated carbocycles. The molecular weight excluding hydrogens is 360 g/mol. The van der Waals surface area contributed by atoms with Crippen LogP contribution in [0.2, 0.25) is 5.02 Å². The SMILES string of the molecule is CC[C@@H](C(=O)NC(C)C)N(Cc1ccccc1)C(=O)Cc1ccc(Cl)cc1. The van der Waals surface area contributed by atoms with Gasteiger partial charge < -0.3 is 10.2 Å². The highest BCUT2D eigenvalue weighted by molar-refractivity contribution is 6.30. The van der Waals surface area contributed by atoms with E-state index in [9.17, 15) is 9.59 Å². The number of benzene rings is 2. The molecule has 2 aromatic rings. The van der Waals surface area contributed by atoms with Gasteiger partial charge in [-0.25, -0.2) is 0 Å². The van der Waals surface area contributed by atoms with E-state index in [1.165, 1.54) is 0 Å². The van der Waals surface area contributed by atoms with Crippen molar-refractivity contribution < 1.29 is 9.59 Å². The van der Waals surface area contributed by atoms with Crippen molar-refractivity contribution in [2.75, 3.05) is 0 Å². The molecule has 1 atom stereocenters. The van der Waals surface area contributed by atoms with Crippen molar-refractivity contribution in [2.45, 2.75) is 52.2 Å². The van der Waals surface area contributed by atoms with Gasteiger partial charge in [0.25, 0.3) is 0 Å². The molecule has 0 radical (unpaired) electrons. The molecule has 0 unspecified atom stereocenters. The van der Waals surface area contributed by atoms with Gasteiger partial charge in [-0.2, -0.15) is 0 Å². The van der Waals surface area contributed by atoms with E-state index in [1.54, 1.807) is 17.0 Å². The molecule has 0 aliphatic heterocycles. The Kier molecular flexibility index (Phi) is 7.86. The minimum absolute atomic E-state index is 0.0245. The van der Waals surface area contributed by atoms with Crippen molar-refractivity contribution in [1.29, 1.82) is 0 Å². The van der Waals surface area contributed by atoms with Crippen LogP contribution < -0.4 is 5.32 Å². The molecule has 144 valence electrons. The van der Waals surface area contributed by atoms with E-state index in [-0.39, 0.29) is 24.3 Å². The van der Waals surface area contributed by atoms with Gasteiger partial charge in [-0.3, -0.25) is 9.59 Å². The number of nitrogens with one attached hydrogen (secondary N) is 1. The van der Waals surface area contributed by atoms with Crippen LogP contribution in [-0.2, 0) is 22.6 Å². The van der Waals surface area contributed by atoms with Gasteiger partial charge in [-0.05, 0) is 43.5 Å². The molecule has 0 saturated heterocycles. The van der Waals surface area contributed by atoms with Gasteiger partial charge in [-0.1, -0.05) is 61.0 Å². The van der Waals surface area contributed by atoms with Crippen molar-refractivity contribution in [1.82, 2.24) is 10.2 Å². The molecule has 5 heteroatoms. The Labute approximate surface area is 166 Å². The highest BCUT2D eigenvalue weighted by Crippen LogP contribution is 2.16. The van der Waals surface area contributed by atoms with Crippen LogP contribution in [0.15, 0.2) is 54.6 Å². The van der Waals surface area contributed by atoms with Crippen molar-refractivity contribution in [2.24, 2.45) is 0 Å². The van der Waals surface area contributed by atoms with Crippen LogP contribution >= 0.6 is 11.6 Å². The molecular formula is C22H27ClN2O2. The minimum atomic E-state index is -0.507. The molecule has 2 amide bonds. The lowest BCUT2D eigenvalue weighted by molar-refractivity contribution is -0.141. The Morgan fingerprint density at radius 1 is 1.00 bits per heavy atom. The van der Waals surface area contributed by atoms with E-state index >= 15 is 0 Å². The Balaban J connectivity index is 2.25. The summed E-state index contributed by atoms with van der Waals surface area (Å²) >= 11 is 5.93. The fraction of sp³-hybridized carbons (Fsp3) is 0.364. The van der Waals surface area contributed by atoms with E-state index in [0.29, 0.717) is 18.0 Å². The molecule has 0 bridgehead atoms. The zero-order valence-electron chi connectivity index (χ0n) is 16.1.